The highest BCUT2D eigenvalue weighted by atomic mass is 35.5. The van der Waals surface area contributed by atoms with Gasteiger partial charge >= 0.3 is 5.69 Å². The Kier molecular flexibility index (Phi) is 6.60. The fraction of sp³-hybridized carbons (Fsp3) is 0.316. The number of nitrogens with zero attached hydrogens (tertiary/aromatic N) is 4. The number of nitrogens with one attached hydrogen (secondary N) is 1. The van der Waals surface area contributed by atoms with E-state index in [2.05, 4.69) is 14.7 Å². The van der Waals surface area contributed by atoms with Crippen molar-refractivity contribution in [3.63, 3.8) is 0 Å². The summed E-state index contributed by atoms with van der Waals surface area (Å²) in [7, 11) is -2.12. The maximum Gasteiger partial charge on any atom is 0.330 e. The number of hydrogen-bond acceptors (Lipinski definition) is 6. The summed E-state index contributed by atoms with van der Waals surface area (Å²) < 4.78 is 44.3. The molecular weight excluding hydrogens is 447 g/mol. The molecule has 0 radical (unpaired) electrons. The molecule has 1 aromatic carbocycles. The number of aryl methyl sites for hydroxylation is 1. The van der Waals surface area contributed by atoms with E-state index < -0.39 is 21.5 Å². The van der Waals surface area contributed by atoms with Crippen molar-refractivity contribution in [2.24, 2.45) is 12.8 Å². The standard InChI is InChI=1S/C19H21FN6O3S.ClH/c1-25-17-16(12-3-2-4-15(9-12)30(28,29)24-14-5-6-14)22-11-23-18(17)26(19(25)27)10-13(20)7-8-21;/h2-4,7,9,11,14,24H,5-6,8,10,21H2,1H3;1H/b13-7-;. The van der Waals surface area contributed by atoms with Gasteiger partial charge in [0.2, 0.25) is 10.0 Å². The van der Waals surface area contributed by atoms with Gasteiger partial charge in [0.1, 0.15) is 17.7 Å². The molecule has 0 aliphatic heterocycles. The molecule has 3 N–H and O–H groups in total. The quantitative estimate of drug-likeness (QED) is 0.541. The minimum atomic E-state index is -3.65. The van der Waals surface area contributed by atoms with Gasteiger partial charge in [0.25, 0.3) is 0 Å². The Morgan fingerprint density at radius 2 is 2.10 bits per heavy atom. The Bertz CT molecular complexity index is 1310. The largest absolute Gasteiger partial charge is 0.330 e. The summed E-state index contributed by atoms with van der Waals surface area (Å²) in [4.78, 5) is 21.2. The van der Waals surface area contributed by atoms with E-state index in [0.29, 0.717) is 16.8 Å². The van der Waals surface area contributed by atoms with E-state index in [-0.39, 0.29) is 42.1 Å². The number of benzene rings is 1. The zero-order valence-corrected chi connectivity index (χ0v) is 18.3. The molecule has 0 unspecified atom stereocenters. The number of fused-ring (bicyclic) bond motifs is 1. The second kappa shape index (κ2) is 8.87. The van der Waals surface area contributed by atoms with Crippen LogP contribution in [0.1, 0.15) is 12.8 Å². The fourth-order valence-corrected chi connectivity index (χ4v) is 4.59. The molecule has 4 rings (SSSR count). The third-order valence-electron chi connectivity index (χ3n) is 4.88. The second-order valence-corrected chi connectivity index (χ2v) is 8.85. The highest BCUT2D eigenvalue weighted by Crippen LogP contribution is 2.28. The molecule has 0 bridgehead atoms. The Morgan fingerprint density at radius 1 is 1.35 bits per heavy atom. The van der Waals surface area contributed by atoms with E-state index in [1.165, 1.54) is 40.7 Å². The highest BCUT2D eigenvalue weighted by Gasteiger charge is 2.28. The lowest BCUT2D eigenvalue weighted by Crippen LogP contribution is -2.25. The summed E-state index contributed by atoms with van der Waals surface area (Å²) >= 11 is 0. The molecule has 1 aliphatic carbocycles. The predicted molar refractivity (Wildman–Crippen MR) is 117 cm³/mol. The summed E-state index contributed by atoms with van der Waals surface area (Å²) in [5.74, 6) is -0.550. The van der Waals surface area contributed by atoms with Crippen LogP contribution in [-0.2, 0) is 23.6 Å². The first-order valence-corrected chi connectivity index (χ1v) is 10.9. The van der Waals surface area contributed by atoms with Crippen LogP contribution < -0.4 is 16.1 Å². The zero-order valence-electron chi connectivity index (χ0n) is 16.7. The van der Waals surface area contributed by atoms with Crippen LogP contribution in [0.15, 0.2) is 52.2 Å². The molecule has 12 heteroatoms. The van der Waals surface area contributed by atoms with Gasteiger partial charge in [-0.15, -0.1) is 12.4 Å². The first-order valence-electron chi connectivity index (χ1n) is 9.39. The van der Waals surface area contributed by atoms with Crippen molar-refractivity contribution < 1.29 is 12.8 Å². The van der Waals surface area contributed by atoms with Gasteiger partial charge < -0.3 is 5.73 Å². The molecule has 0 amide bonds. The lowest BCUT2D eigenvalue weighted by atomic mass is 10.1. The van der Waals surface area contributed by atoms with E-state index in [4.69, 9.17) is 5.73 Å². The van der Waals surface area contributed by atoms with Crippen LogP contribution in [0.3, 0.4) is 0 Å². The van der Waals surface area contributed by atoms with Crippen molar-refractivity contribution in [1.82, 2.24) is 23.8 Å². The van der Waals surface area contributed by atoms with Crippen LogP contribution >= 0.6 is 12.4 Å². The number of rotatable bonds is 7. The summed E-state index contributed by atoms with van der Waals surface area (Å²) in [6, 6.07) is 6.31. The van der Waals surface area contributed by atoms with E-state index in [1.54, 1.807) is 12.1 Å². The van der Waals surface area contributed by atoms with E-state index in [1.807, 2.05) is 0 Å². The summed E-state index contributed by atoms with van der Waals surface area (Å²) in [6.07, 6.45) is 4.11. The number of aromatic nitrogens is 4. The van der Waals surface area contributed by atoms with Gasteiger partial charge in [-0.25, -0.2) is 32.3 Å². The fourth-order valence-electron chi connectivity index (χ4n) is 3.24. The van der Waals surface area contributed by atoms with Crippen LogP contribution in [0, 0.1) is 0 Å². The van der Waals surface area contributed by atoms with Crippen LogP contribution in [0.4, 0.5) is 4.39 Å². The molecule has 2 aromatic heterocycles. The average molecular weight is 469 g/mol. The molecule has 1 saturated carbocycles. The van der Waals surface area contributed by atoms with Gasteiger partial charge in [0.05, 0.1) is 17.1 Å². The molecule has 9 nitrogen and oxygen atoms in total. The topological polar surface area (TPSA) is 125 Å². The van der Waals surface area contributed by atoms with Crippen molar-refractivity contribution in [3.8, 4) is 11.3 Å². The summed E-state index contributed by atoms with van der Waals surface area (Å²) in [5.41, 5.74) is 6.38. The molecular formula is C19H22ClFN6O3S. The maximum atomic E-state index is 14.0. The Morgan fingerprint density at radius 3 is 2.77 bits per heavy atom. The Balaban J connectivity index is 0.00000272. The van der Waals surface area contributed by atoms with Gasteiger partial charge in [-0.2, -0.15) is 0 Å². The lowest BCUT2D eigenvalue weighted by molar-refractivity contribution is 0.546. The van der Waals surface area contributed by atoms with Gasteiger partial charge in [0, 0.05) is 25.2 Å². The molecule has 0 spiro atoms. The SMILES string of the molecule is Cl.Cn1c(=O)n(C/C(F)=C/CN)c2ncnc(-c3cccc(S(=O)(=O)NC4CC4)c3)c21. The molecule has 31 heavy (non-hydrogen) atoms. The average Bonchev–Trinajstić information content (AvgIpc) is 3.50. The van der Waals surface area contributed by atoms with Crippen LogP contribution in [-0.4, -0.2) is 40.1 Å². The molecule has 3 aromatic rings. The first-order chi connectivity index (χ1) is 14.3. The van der Waals surface area contributed by atoms with Gasteiger partial charge in [-0.05, 0) is 31.1 Å². The number of sulfonamides is 1. The summed E-state index contributed by atoms with van der Waals surface area (Å²) in [6.45, 7) is -0.286. The number of hydrogen-bond donors (Lipinski definition) is 2. The molecule has 0 saturated heterocycles. The van der Waals surface area contributed by atoms with Crippen molar-refractivity contribution in [2.75, 3.05) is 6.54 Å². The third-order valence-corrected chi connectivity index (χ3v) is 6.40. The number of imidazole rings is 1. The third kappa shape index (κ3) is 4.54. The number of nitrogens with two attached hydrogens (primary N) is 1. The molecule has 0 atom stereocenters. The van der Waals surface area contributed by atoms with Crippen molar-refractivity contribution in [3.05, 3.63) is 53.0 Å². The molecule has 166 valence electrons. The van der Waals surface area contributed by atoms with Crippen LogP contribution in [0.25, 0.3) is 22.4 Å². The van der Waals surface area contributed by atoms with Crippen LogP contribution in [0.2, 0.25) is 0 Å². The van der Waals surface area contributed by atoms with E-state index in [9.17, 15) is 17.6 Å². The monoisotopic (exact) mass is 468 g/mol. The predicted octanol–water partition coefficient (Wildman–Crippen LogP) is 1.47. The molecule has 2 heterocycles. The van der Waals surface area contributed by atoms with Gasteiger partial charge in [-0.1, -0.05) is 12.1 Å². The molecule has 1 fully saturated rings. The minimum Gasteiger partial charge on any atom is -0.327 e. The smallest absolute Gasteiger partial charge is 0.327 e. The minimum absolute atomic E-state index is 0. The Hall–Kier alpha value is -2.60. The summed E-state index contributed by atoms with van der Waals surface area (Å²) in [5, 5.41) is 0. The highest BCUT2D eigenvalue weighted by molar-refractivity contribution is 7.89. The maximum absolute atomic E-state index is 14.0. The first kappa shape index (κ1) is 23.1. The van der Waals surface area contributed by atoms with Crippen molar-refractivity contribution in [1.29, 1.82) is 0 Å². The van der Waals surface area contributed by atoms with Crippen molar-refractivity contribution >= 4 is 33.6 Å². The van der Waals surface area contributed by atoms with Crippen molar-refractivity contribution in [2.45, 2.75) is 30.3 Å². The Labute approximate surface area is 184 Å². The normalized spacial score (nSPS) is 14.6. The number of halogens is 2. The zero-order chi connectivity index (χ0) is 21.5. The second-order valence-electron chi connectivity index (χ2n) is 7.13. The van der Waals surface area contributed by atoms with Gasteiger partial charge in [-0.3, -0.25) is 9.13 Å². The number of allylic oxidation sites excluding steroid dienone is 1. The lowest BCUT2D eigenvalue weighted by Gasteiger charge is -2.08. The van der Waals surface area contributed by atoms with E-state index >= 15 is 0 Å². The molecule has 1 aliphatic rings. The van der Waals surface area contributed by atoms with Gasteiger partial charge in [0.15, 0.2) is 5.65 Å². The van der Waals surface area contributed by atoms with Crippen LogP contribution in [0.5, 0.6) is 0 Å². The van der Waals surface area contributed by atoms with E-state index in [0.717, 1.165) is 12.8 Å².